The number of imidazole rings is 1. The molecule has 0 aliphatic carbocycles. The lowest BCUT2D eigenvalue weighted by atomic mass is 10.0. The van der Waals surface area contributed by atoms with Gasteiger partial charge in [0.05, 0.1) is 15.5 Å². The van der Waals surface area contributed by atoms with Gasteiger partial charge in [0.25, 0.3) is 0 Å². The Kier molecular flexibility index (Phi) is 4.03. The SMILES string of the molecule is CNCCc1ccccc1-c1nc2cc(Br)c(F)cc2[nH]1. The predicted octanol–water partition coefficient (Wildman–Crippen LogP) is 3.89. The molecule has 5 heteroatoms. The Balaban J connectivity index is 2.08. The number of hydrogen-bond acceptors (Lipinski definition) is 2. The van der Waals surface area contributed by atoms with Gasteiger partial charge in [0, 0.05) is 11.6 Å². The molecule has 0 unspecified atom stereocenters. The fraction of sp³-hybridized carbons (Fsp3) is 0.188. The minimum absolute atomic E-state index is 0.291. The Morgan fingerprint density at radius 3 is 2.90 bits per heavy atom. The number of nitrogens with zero attached hydrogens (tertiary/aromatic N) is 1. The first-order valence-electron chi connectivity index (χ1n) is 6.76. The van der Waals surface area contributed by atoms with Gasteiger partial charge in [-0.15, -0.1) is 0 Å². The molecular weight excluding hydrogens is 333 g/mol. The van der Waals surface area contributed by atoms with E-state index < -0.39 is 0 Å². The normalized spacial score (nSPS) is 11.2. The summed E-state index contributed by atoms with van der Waals surface area (Å²) in [6.07, 6.45) is 0.918. The van der Waals surface area contributed by atoms with Crippen LogP contribution < -0.4 is 5.32 Å². The minimum atomic E-state index is -0.291. The molecule has 108 valence electrons. The lowest BCUT2D eigenvalue weighted by Crippen LogP contribution is -2.10. The van der Waals surface area contributed by atoms with Gasteiger partial charge in [0.2, 0.25) is 0 Å². The summed E-state index contributed by atoms with van der Waals surface area (Å²) in [6, 6.07) is 11.3. The molecule has 0 aliphatic rings. The van der Waals surface area contributed by atoms with E-state index in [1.54, 1.807) is 6.07 Å². The lowest BCUT2D eigenvalue weighted by molar-refractivity contribution is 0.623. The molecule has 1 heterocycles. The van der Waals surface area contributed by atoms with Crippen molar-refractivity contribution in [2.75, 3.05) is 13.6 Å². The molecule has 2 N–H and O–H groups in total. The number of rotatable bonds is 4. The number of likely N-dealkylation sites (N-methyl/N-ethyl adjacent to an activating group) is 1. The van der Waals surface area contributed by atoms with Crippen molar-refractivity contribution in [3.8, 4) is 11.4 Å². The standard InChI is InChI=1S/C16H15BrFN3/c1-19-7-6-10-4-2-3-5-11(10)16-20-14-8-12(17)13(18)9-15(14)21-16/h2-5,8-9,19H,6-7H2,1H3,(H,20,21). The second-order valence-electron chi connectivity index (χ2n) is 4.88. The highest BCUT2D eigenvalue weighted by atomic mass is 79.9. The second kappa shape index (κ2) is 5.95. The van der Waals surface area contributed by atoms with Gasteiger partial charge in [-0.3, -0.25) is 0 Å². The molecule has 2 aromatic carbocycles. The molecule has 3 nitrogen and oxygen atoms in total. The third kappa shape index (κ3) is 2.84. The van der Waals surface area contributed by atoms with Crippen LogP contribution in [0.25, 0.3) is 22.4 Å². The zero-order chi connectivity index (χ0) is 14.8. The molecule has 21 heavy (non-hydrogen) atoms. The summed E-state index contributed by atoms with van der Waals surface area (Å²) in [5.41, 5.74) is 3.72. The molecule has 3 aromatic rings. The topological polar surface area (TPSA) is 40.7 Å². The van der Waals surface area contributed by atoms with E-state index in [1.165, 1.54) is 11.6 Å². The average molecular weight is 348 g/mol. The van der Waals surface area contributed by atoms with E-state index in [2.05, 4.69) is 37.3 Å². The molecule has 1 aromatic heterocycles. The highest BCUT2D eigenvalue weighted by molar-refractivity contribution is 9.10. The Bertz CT molecular complexity index is 743. The summed E-state index contributed by atoms with van der Waals surface area (Å²) in [5, 5.41) is 3.15. The lowest BCUT2D eigenvalue weighted by Gasteiger charge is -2.06. The number of aromatic nitrogens is 2. The smallest absolute Gasteiger partial charge is 0.139 e. The third-order valence-electron chi connectivity index (χ3n) is 3.44. The Morgan fingerprint density at radius 1 is 1.29 bits per heavy atom. The fourth-order valence-electron chi connectivity index (χ4n) is 2.36. The molecule has 0 aliphatic heterocycles. The average Bonchev–Trinajstić information content (AvgIpc) is 2.88. The van der Waals surface area contributed by atoms with Crippen LogP contribution in [0.5, 0.6) is 0 Å². The first-order chi connectivity index (χ1) is 10.2. The second-order valence-corrected chi connectivity index (χ2v) is 5.73. The maximum atomic E-state index is 13.6. The third-order valence-corrected chi connectivity index (χ3v) is 4.05. The van der Waals surface area contributed by atoms with Gasteiger partial charge in [0.1, 0.15) is 11.6 Å². The van der Waals surface area contributed by atoms with Crippen molar-refractivity contribution in [2.45, 2.75) is 6.42 Å². The number of nitrogens with one attached hydrogen (secondary N) is 2. The minimum Gasteiger partial charge on any atom is -0.338 e. The van der Waals surface area contributed by atoms with E-state index in [4.69, 9.17) is 0 Å². The first-order valence-corrected chi connectivity index (χ1v) is 7.56. The summed E-state index contributed by atoms with van der Waals surface area (Å²) < 4.78 is 14.0. The van der Waals surface area contributed by atoms with Gasteiger partial charge in [-0.1, -0.05) is 24.3 Å². The van der Waals surface area contributed by atoms with Crippen molar-refractivity contribution >= 4 is 27.0 Å². The van der Waals surface area contributed by atoms with E-state index in [-0.39, 0.29) is 5.82 Å². The van der Waals surface area contributed by atoms with Gasteiger partial charge in [0.15, 0.2) is 0 Å². The van der Waals surface area contributed by atoms with Crippen LogP contribution in [0.3, 0.4) is 0 Å². The largest absolute Gasteiger partial charge is 0.338 e. The molecule has 0 fully saturated rings. The van der Waals surface area contributed by atoms with Crippen molar-refractivity contribution in [3.63, 3.8) is 0 Å². The van der Waals surface area contributed by atoms with Crippen molar-refractivity contribution in [1.29, 1.82) is 0 Å². The van der Waals surface area contributed by atoms with Crippen LogP contribution >= 0.6 is 15.9 Å². The molecule has 0 atom stereocenters. The molecule has 3 rings (SSSR count). The highest BCUT2D eigenvalue weighted by Gasteiger charge is 2.11. The fourth-order valence-corrected chi connectivity index (χ4v) is 2.69. The van der Waals surface area contributed by atoms with Crippen LogP contribution in [0.1, 0.15) is 5.56 Å². The van der Waals surface area contributed by atoms with Crippen molar-refractivity contribution in [2.24, 2.45) is 0 Å². The number of aromatic amines is 1. The molecule has 0 spiro atoms. The van der Waals surface area contributed by atoms with E-state index in [0.717, 1.165) is 29.9 Å². The first kappa shape index (κ1) is 14.2. The Hall–Kier alpha value is -1.72. The number of H-pyrrole nitrogens is 1. The van der Waals surface area contributed by atoms with Crippen LogP contribution in [0.4, 0.5) is 4.39 Å². The van der Waals surface area contributed by atoms with E-state index in [0.29, 0.717) is 9.99 Å². The molecule has 0 saturated heterocycles. The number of fused-ring (bicyclic) bond motifs is 1. The number of halogens is 2. The molecule has 0 bridgehead atoms. The van der Waals surface area contributed by atoms with E-state index in [1.807, 2.05) is 25.2 Å². The molecule has 0 radical (unpaired) electrons. The van der Waals surface area contributed by atoms with Crippen LogP contribution in [-0.4, -0.2) is 23.6 Å². The monoisotopic (exact) mass is 347 g/mol. The summed E-state index contributed by atoms with van der Waals surface area (Å²) in [4.78, 5) is 7.79. The quantitative estimate of drug-likeness (QED) is 0.751. The summed E-state index contributed by atoms with van der Waals surface area (Å²) in [5.74, 6) is 0.482. The number of hydrogen-bond donors (Lipinski definition) is 2. The van der Waals surface area contributed by atoms with Gasteiger partial charge in [-0.05, 0) is 47.6 Å². The van der Waals surface area contributed by atoms with Crippen LogP contribution in [-0.2, 0) is 6.42 Å². The van der Waals surface area contributed by atoms with Gasteiger partial charge in [-0.25, -0.2) is 9.37 Å². The van der Waals surface area contributed by atoms with Crippen LogP contribution in [0.2, 0.25) is 0 Å². The summed E-state index contributed by atoms with van der Waals surface area (Å²) in [6.45, 7) is 0.900. The van der Waals surface area contributed by atoms with Crippen LogP contribution in [0.15, 0.2) is 40.9 Å². The summed E-state index contributed by atoms with van der Waals surface area (Å²) in [7, 11) is 1.93. The molecular formula is C16H15BrFN3. The Labute approximate surface area is 130 Å². The Morgan fingerprint density at radius 2 is 2.10 bits per heavy atom. The van der Waals surface area contributed by atoms with Gasteiger partial charge in [-0.2, -0.15) is 0 Å². The maximum absolute atomic E-state index is 13.6. The molecule has 0 amide bonds. The maximum Gasteiger partial charge on any atom is 0.139 e. The van der Waals surface area contributed by atoms with Crippen molar-refractivity contribution in [3.05, 3.63) is 52.3 Å². The zero-order valence-electron chi connectivity index (χ0n) is 11.6. The van der Waals surface area contributed by atoms with Crippen molar-refractivity contribution in [1.82, 2.24) is 15.3 Å². The van der Waals surface area contributed by atoms with E-state index in [9.17, 15) is 4.39 Å². The number of benzene rings is 2. The summed E-state index contributed by atoms with van der Waals surface area (Å²) >= 11 is 3.19. The highest BCUT2D eigenvalue weighted by Crippen LogP contribution is 2.27. The zero-order valence-corrected chi connectivity index (χ0v) is 13.2. The van der Waals surface area contributed by atoms with E-state index >= 15 is 0 Å². The van der Waals surface area contributed by atoms with Gasteiger partial charge < -0.3 is 10.3 Å². The van der Waals surface area contributed by atoms with Crippen molar-refractivity contribution < 1.29 is 4.39 Å². The predicted molar refractivity (Wildman–Crippen MR) is 86.8 cm³/mol. The van der Waals surface area contributed by atoms with Crippen LogP contribution in [0, 0.1) is 5.82 Å². The van der Waals surface area contributed by atoms with Gasteiger partial charge >= 0.3 is 0 Å². The molecule has 0 saturated carbocycles.